The van der Waals surface area contributed by atoms with E-state index in [-0.39, 0.29) is 0 Å². The Balaban J connectivity index is 2.21. The van der Waals surface area contributed by atoms with Crippen LogP contribution in [0, 0.1) is 0 Å². The number of halogens is 1. The van der Waals surface area contributed by atoms with E-state index >= 15 is 0 Å². The van der Waals surface area contributed by atoms with E-state index in [2.05, 4.69) is 0 Å². The van der Waals surface area contributed by atoms with Gasteiger partial charge in [-0.15, -0.1) is 0 Å². The minimum atomic E-state index is -1.02. The second-order valence-corrected chi connectivity index (χ2v) is 4.93. The van der Waals surface area contributed by atoms with E-state index in [1.165, 1.54) is 6.08 Å². The number of hydrogen-bond acceptors (Lipinski definition) is 3. The average molecular weight is 319 g/mol. The van der Waals surface area contributed by atoms with Gasteiger partial charge in [0.15, 0.2) is 0 Å². The Hall–Kier alpha value is -2.46. The summed E-state index contributed by atoms with van der Waals surface area (Å²) in [6.07, 6.45) is 2.54. The van der Waals surface area contributed by atoms with Crippen molar-refractivity contribution in [1.82, 2.24) is 0 Å². The van der Waals surface area contributed by atoms with Crippen molar-refractivity contribution in [3.8, 4) is 11.5 Å². The zero-order valence-electron chi connectivity index (χ0n) is 12.0. The van der Waals surface area contributed by atoms with Gasteiger partial charge in [-0.1, -0.05) is 23.7 Å². The molecule has 0 aromatic heterocycles. The van der Waals surface area contributed by atoms with Gasteiger partial charge in [-0.05, 0) is 35.9 Å². The SMILES string of the molecule is COc1ccc(C=CC(=O)O)c(OCc2cccc(Cl)c2)c1. The van der Waals surface area contributed by atoms with E-state index in [0.717, 1.165) is 11.6 Å². The lowest BCUT2D eigenvalue weighted by atomic mass is 10.1. The number of carboxylic acids is 1. The Morgan fingerprint density at radius 2 is 2.09 bits per heavy atom. The maximum atomic E-state index is 10.7. The minimum Gasteiger partial charge on any atom is -0.497 e. The van der Waals surface area contributed by atoms with Gasteiger partial charge in [0.2, 0.25) is 0 Å². The molecule has 0 saturated carbocycles. The largest absolute Gasteiger partial charge is 0.497 e. The summed E-state index contributed by atoms with van der Waals surface area (Å²) in [5.74, 6) is 0.155. The van der Waals surface area contributed by atoms with Crippen molar-refractivity contribution in [2.75, 3.05) is 7.11 Å². The highest BCUT2D eigenvalue weighted by Crippen LogP contribution is 2.27. The van der Waals surface area contributed by atoms with Crippen molar-refractivity contribution < 1.29 is 19.4 Å². The zero-order valence-corrected chi connectivity index (χ0v) is 12.7. The van der Waals surface area contributed by atoms with Gasteiger partial charge in [-0.3, -0.25) is 0 Å². The first-order valence-electron chi connectivity index (χ1n) is 6.55. The molecule has 0 aliphatic heterocycles. The molecule has 114 valence electrons. The summed E-state index contributed by atoms with van der Waals surface area (Å²) in [5, 5.41) is 9.37. The molecule has 0 radical (unpaired) electrons. The second kappa shape index (κ2) is 7.52. The van der Waals surface area contributed by atoms with E-state index in [0.29, 0.717) is 28.7 Å². The van der Waals surface area contributed by atoms with Crippen LogP contribution in [0.4, 0.5) is 0 Å². The molecule has 0 aliphatic carbocycles. The molecule has 2 aromatic rings. The number of aliphatic carboxylic acids is 1. The monoisotopic (exact) mass is 318 g/mol. The minimum absolute atomic E-state index is 0.321. The molecule has 0 unspecified atom stereocenters. The molecule has 4 nitrogen and oxygen atoms in total. The molecule has 0 bridgehead atoms. The summed E-state index contributed by atoms with van der Waals surface area (Å²) in [6.45, 7) is 0.321. The smallest absolute Gasteiger partial charge is 0.328 e. The highest BCUT2D eigenvalue weighted by atomic mass is 35.5. The molecular formula is C17H15ClO4. The lowest BCUT2D eigenvalue weighted by Crippen LogP contribution is -1.98. The molecule has 5 heteroatoms. The van der Waals surface area contributed by atoms with Gasteiger partial charge < -0.3 is 14.6 Å². The van der Waals surface area contributed by atoms with Crippen LogP contribution < -0.4 is 9.47 Å². The number of hydrogen-bond donors (Lipinski definition) is 1. The van der Waals surface area contributed by atoms with Crippen LogP contribution in [0.5, 0.6) is 11.5 Å². The highest BCUT2D eigenvalue weighted by Gasteiger charge is 2.05. The highest BCUT2D eigenvalue weighted by molar-refractivity contribution is 6.30. The van der Waals surface area contributed by atoms with Crippen LogP contribution in [-0.4, -0.2) is 18.2 Å². The average Bonchev–Trinajstić information content (AvgIpc) is 2.51. The quantitative estimate of drug-likeness (QED) is 0.817. The van der Waals surface area contributed by atoms with E-state index in [9.17, 15) is 4.79 Å². The Kier molecular flexibility index (Phi) is 5.44. The van der Waals surface area contributed by atoms with Crippen molar-refractivity contribution in [3.63, 3.8) is 0 Å². The maximum Gasteiger partial charge on any atom is 0.328 e. The molecule has 0 saturated heterocycles. The van der Waals surface area contributed by atoms with E-state index in [1.54, 1.807) is 31.4 Å². The standard InChI is InChI=1S/C17H15ClO4/c1-21-15-7-5-13(6-8-17(19)20)16(10-15)22-11-12-3-2-4-14(18)9-12/h2-10H,11H2,1H3,(H,19,20). The molecule has 2 aromatic carbocycles. The predicted octanol–water partition coefficient (Wildman–Crippen LogP) is 4.03. The first kappa shape index (κ1) is 15.9. The molecular weight excluding hydrogens is 304 g/mol. The van der Waals surface area contributed by atoms with Crippen molar-refractivity contribution in [1.29, 1.82) is 0 Å². The summed E-state index contributed by atoms with van der Waals surface area (Å²) in [5.41, 5.74) is 1.58. The maximum absolute atomic E-state index is 10.7. The summed E-state index contributed by atoms with van der Waals surface area (Å²) >= 11 is 5.94. The Bertz CT molecular complexity index is 695. The first-order chi connectivity index (χ1) is 10.6. The van der Waals surface area contributed by atoms with Crippen LogP contribution in [0.2, 0.25) is 5.02 Å². The van der Waals surface area contributed by atoms with Crippen molar-refractivity contribution >= 4 is 23.6 Å². The van der Waals surface area contributed by atoms with E-state index < -0.39 is 5.97 Å². The van der Waals surface area contributed by atoms with Gasteiger partial charge >= 0.3 is 5.97 Å². The molecule has 0 fully saturated rings. The van der Waals surface area contributed by atoms with Crippen LogP contribution >= 0.6 is 11.6 Å². The third kappa shape index (κ3) is 4.53. The lowest BCUT2D eigenvalue weighted by Gasteiger charge is -2.11. The molecule has 22 heavy (non-hydrogen) atoms. The Labute approximate surface area is 133 Å². The molecule has 1 N–H and O–H groups in total. The van der Waals surface area contributed by atoms with Gasteiger partial charge in [0.1, 0.15) is 18.1 Å². The van der Waals surface area contributed by atoms with Crippen molar-refractivity contribution in [2.24, 2.45) is 0 Å². The second-order valence-electron chi connectivity index (χ2n) is 4.49. The van der Waals surface area contributed by atoms with Gasteiger partial charge in [-0.2, -0.15) is 0 Å². The molecule has 0 atom stereocenters. The predicted molar refractivity (Wildman–Crippen MR) is 85.4 cm³/mol. The van der Waals surface area contributed by atoms with Gasteiger partial charge in [0.25, 0.3) is 0 Å². The fraction of sp³-hybridized carbons (Fsp3) is 0.118. The third-order valence-corrected chi connectivity index (χ3v) is 3.14. The Morgan fingerprint density at radius 1 is 1.27 bits per heavy atom. The zero-order chi connectivity index (χ0) is 15.9. The van der Waals surface area contributed by atoms with Crippen LogP contribution in [-0.2, 0) is 11.4 Å². The van der Waals surface area contributed by atoms with Crippen LogP contribution in [0.3, 0.4) is 0 Å². The molecule has 0 spiro atoms. The Morgan fingerprint density at radius 3 is 2.77 bits per heavy atom. The van der Waals surface area contributed by atoms with Gasteiger partial charge in [0.05, 0.1) is 7.11 Å². The van der Waals surface area contributed by atoms with Gasteiger partial charge in [0, 0.05) is 22.7 Å². The molecule has 2 rings (SSSR count). The number of methoxy groups -OCH3 is 1. The fourth-order valence-electron chi connectivity index (χ4n) is 1.85. The number of benzene rings is 2. The third-order valence-electron chi connectivity index (χ3n) is 2.91. The molecule has 0 heterocycles. The van der Waals surface area contributed by atoms with Crippen molar-refractivity contribution in [2.45, 2.75) is 6.61 Å². The topological polar surface area (TPSA) is 55.8 Å². The number of ether oxygens (including phenoxy) is 2. The normalized spacial score (nSPS) is 10.6. The summed E-state index contributed by atoms with van der Waals surface area (Å²) in [7, 11) is 1.56. The van der Waals surface area contributed by atoms with Crippen molar-refractivity contribution in [3.05, 3.63) is 64.7 Å². The summed E-state index contributed by atoms with van der Waals surface area (Å²) in [4.78, 5) is 10.7. The number of carbonyl (C=O) groups is 1. The fourth-order valence-corrected chi connectivity index (χ4v) is 2.07. The summed E-state index contributed by atoms with van der Waals surface area (Å²) < 4.78 is 10.9. The van der Waals surface area contributed by atoms with Gasteiger partial charge in [-0.25, -0.2) is 4.79 Å². The summed E-state index contributed by atoms with van der Waals surface area (Å²) in [6, 6.07) is 12.5. The van der Waals surface area contributed by atoms with Crippen LogP contribution in [0.15, 0.2) is 48.5 Å². The first-order valence-corrected chi connectivity index (χ1v) is 6.92. The molecule has 0 aliphatic rings. The van der Waals surface area contributed by atoms with Crippen LogP contribution in [0.1, 0.15) is 11.1 Å². The number of carboxylic acid groups (broad SMARTS) is 1. The lowest BCUT2D eigenvalue weighted by molar-refractivity contribution is -0.131. The van der Waals surface area contributed by atoms with Crippen LogP contribution in [0.25, 0.3) is 6.08 Å². The van der Waals surface area contributed by atoms with E-state index in [4.69, 9.17) is 26.2 Å². The molecule has 0 amide bonds. The number of rotatable bonds is 6. The van der Waals surface area contributed by atoms with E-state index in [1.807, 2.05) is 18.2 Å².